The SMILES string of the molecule is CCCCCCCCCCCCn1cc[n+](CC(O)CCCCCCCCCC)c1. The molecule has 1 N–H and O–H groups in total. The van der Waals surface area contributed by atoms with Gasteiger partial charge in [0.15, 0.2) is 0 Å². The molecule has 0 aliphatic rings. The van der Waals surface area contributed by atoms with Gasteiger partial charge in [0.2, 0.25) is 6.33 Å². The summed E-state index contributed by atoms with van der Waals surface area (Å²) in [7, 11) is 0. The molecule has 1 heterocycles. The van der Waals surface area contributed by atoms with E-state index in [1.807, 2.05) is 0 Å². The zero-order valence-electron chi connectivity index (χ0n) is 20.5. The molecule has 0 aromatic carbocycles. The van der Waals surface area contributed by atoms with Gasteiger partial charge < -0.3 is 5.11 Å². The lowest BCUT2D eigenvalue weighted by Gasteiger charge is -2.08. The third kappa shape index (κ3) is 15.9. The topological polar surface area (TPSA) is 29.0 Å². The first-order chi connectivity index (χ1) is 14.8. The molecular formula is C27H53N2O+. The van der Waals surface area contributed by atoms with Crippen LogP contribution >= 0.6 is 0 Å². The lowest BCUT2D eigenvalue weighted by Crippen LogP contribution is -2.38. The molecule has 3 nitrogen and oxygen atoms in total. The number of aliphatic hydroxyl groups excluding tert-OH is 1. The number of unbranched alkanes of at least 4 members (excludes halogenated alkanes) is 16. The lowest BCUT2D eigenvalue weighted by molar-refractivity contribution is -0.703. The van der Waals surface area contributed by atoms with Gasteiger partial charge in [-0.25, -0.2) is 9.13 Å². The average Bonchev–Trinajstić information content (AvgIpc) is 3.18. The molecule has 1 aromatic heterocycles. The fourth-order valence-corrected chi connectivity index (χ4v) is 4.31. The van der Waals surface area contributed by atoms with Crippen LogP contribution in [0.5, 0.6) is 0 Å². The van der Waals surface area contributed by atoms with Gasteiger partial charge in [0.05, 0.1) is 12.6 Å². The van der Waals surface area contributed by atoms with E-state index in [4.69, 9.17) is 0 Å². The molecule has 0 aliphatic heterocycles. The molecule has 3 heteroatoms. The van der Waals surface area contributed by atoms with Crippen molar-refractivity contribution >= 4 is 0 Å². The zero-order valence-corrected chi connectivity index (χ0v) is 20.5. The van der Waals surface area contributed by atoms with E-state index in [2.05, 4.69) is 41.7 Å². The molecule has 0 bridgehead atoms. The Hall–Kier alpha value is -0.830. The summed E-state index contributed by atoms with van der Waals surface area (Å²) in [6.45, 7) is 6.40. The Labute approximate surface area is 188 Å². The lowest BCUT2D eigenvalue weighted by atomic mass is 10.1. The van der Waals surface area contributed by atoms with Gasteiger partial charge in [-0.15, -0.1) is 0 Å². The first-order valence-electron chi connectivity index (χ1n) is 13.5. The molecule has 0 saturated heterocycles. The first-order valence-corrected chi connectivity index (χ1v) is 13.5. The van der Waals surface area contributed by atoms with E-state index >= 15 is 0 Å². The van der Waals surface area contributed by atoms with Crippen LogP contribution in [0.15, 0.2) is 18.7 Å². The average molecular weight is 422 g/mol. The van der Waals surface area contributed by atoms with Crippen LogP contribution in [0.2, 0.25) is 0 Å². The number of aromatic nitrogens is 2. The van der Waals surface area contributed by atoms with Crippen LogP contribution < -0.4 is 4.57 Å². The molecule has 1 rings (SSSR count). The molecule has 0 spiro atoms. The Kier molecular flexibility index (Phi) is 18.2. The smallest absolute Gasteiger partial charge is 0.243 e. The van der Waals surface area contributed by atoms with Crippen molar-refractivity contribution in [3.05, 3.63) is 18.7 Å². The second-order valence-electron chi connectivity index (χ2n) is 9.45. The number of aryl methyl sites for hydroxylation is 1. The van der Waals surface area contributed by atoms with Crippen LogP contribution in [-0.2, 0) is 13.1 Å². The molecule has 30 heavy (non-hydrogen) atoms. The summed E-state index contributed by atoms with van der Waals surface area (Å²) in [6, 6.07) is 0. The van der Waals surface area contributed by atoms with E-state index in [1.54, 1.807) is 0 Å². The van der Waals surface area contributed by atoms with Gasteiger partial charge in [-0.1, -0.05) is 117 Å². The van der Waals surface area contributed by atoms with Crippen LogP contribution in [-0.4, -0.2) is 15.8 Å². The van der Waals surface area contributed by atoms with E-state index in [0.717, 1.165) is 25.9 Å². The summed E-state index contributed by atoms with van der Waals surface area (Å²) in [5.74, 6) is 0. The fourth-order valence-electron chi connectivity index (χ4n) is 4.31. The minimum Gasteiger partial charge on any atom is -0.389 e. The zero-order chi connectivity index (χ0) is 21.7. The van der Waals surface area contributed by atoms with Gasteiger partial charge >= 0.3 is 0 Å². The quantitative estimate of drug-likeness (QED) is 0.152. The number of nitrogens with zero attached hydrogens (tertiary/aromatic N) is 2. The van der Waals surface area contributed by atoms with Crippen molar-refractivity contribution in [3.63, 3.8) is 0 Å². The second-order valence-corrected chi connectivity index (χ2v) is 9.45. The van der Waals surface area contributed by atoms with Gasteiger partial charge in [0, 0.05) is 0 Å². The molecule has 176 valence electrons. The van der Waals surface area contributed by atoms with Gasteiger partial charge in [0.25, 0.3) is 0 Å². The summed E-state index contributed by atoms with van der Waals surface area (Å²) < 4.78 is 4.44. The monoisotopic (exact) mass is 421 g/mol. The molecule has 0 aliphatic carbocycles. The van der Waals surface area contributed by atoms with Gasteiger partial charge in [-0.2, -0.15) is 0 Å². The Bertz CT molecular complexity index is 471. The Morgan fingerprint density at radius 3 is 1.67 bits per heavy atom. The third-order valence-electron chi connectivity index (χ3n) is 6.33. The van der Waals surface area contributed by atoms with Crippen molar-refractivity contribution in [2.75, 3.05) is 0 Å². The van der Waals surface area contributed by atoms with Crippen molar-refractivity contribution in [1.29, 1.82) is 0 Å². The van der Waals surface area contributed by atoms with Crippen LogP contribution in [0.25, 0.3) is 0 Å². The Morgan fingerprint density at radius 1 is 0.667 bits per heavy atom. The van der Waals surface area contributed by atoms with Gasteiger partial charge in [0.1, 0.15) is 18.9 Å². The number of rotatable bonds is 22. The summed E-state index contributed by atoms with van der Waals surface area (Å²) in [5, 5.41) is 10.3. The summed E-state index contributed by atoms with van der Waals surface area (Å²) in [6.07, 6.45) is 31.7. The van der Waals surface area contributed by atoms with Crippen molar-refractivity contribution < 1.29 is 9.67 Å². The Balaban J connectivity index is 1.97. The maximum absolute atomic E-state index is 10.3. The standard InChI is InChI=1S/C27H53N2O/c1-3-5-7-9-11-13-14-16-18-20-22-28-23-24-29(26-28)25-27(30)21-19-17-15-12-10-8-6-4-2/h23-24,26-27,30H,3-22,25H2,1-2H3/q+1. The molecule has 1 unspecified atom stereocenters. The number of hydrogen-bond donors (Lipinski definition) is 1. The van der Waals surface area contributed by atoms with E-state index in [9.17, 15) is 5.11 Å². The van der Waals surface area contributed by atoms with Crippen LogP contribution in [0.3, 0.4) is 0 Å². The van der Waals surface area contributed by atoms with Crippen molar-refractivity contribution in [2.24, 2.45) is 0 Å². The predicted molar refractivity (Wildman–Crippen MR) is 130 cm³/mol. The number of hydrogen-bond acceptors (Lipinski definition) is 1. The molecule has 1 atom stereocenters. The highest BCUT2D eigenvalue weighted by Gasteiger charge is 2.10. The summed E-state index contributed by atoms with van der Waals surface area (Å²) in [4.78, 5) is 0. The minimum atomic E-state index is -0.205. The van der Waals surface area contributed by atoms with Crippen LogP contribution in [0.4, 0.5) is 0 Å². The third-order valence-corrected chi connectivity index (χ3v) is 6.33. The normalized spacial score (nSPS) is 12.5. The van der Waals surface area contributed by atoms with Crippen molar-refractivity contribution in [2.45, 2.75) is 155 Å². The maximum atomic E-state index is 10.3. The van der Waals surface area contributed by atoms with Gasteiger partial charge in [-0.3, -0.25) is 0 Å². The first kappa shape index (κ1) is 27.2. The number of aliphatic hydroxyl groups is 1. The molecule has 1 aromatic rings. The minimum absolute atomic E-state index is 0.205. The van der Waals surface area contributed by atoms with Crippen LogP contribution in [0.1, 0.15) is 136 Å². The molecule has 0 amide bonds. The summed E-state index contributed by atoms with van der Waals surface area (Å²) in [5.41, 5.74) is 0. The largest absolute Gasteiger partial charge is 0.389 e. The second kappa shape index (κ2) is 20.1. The highest BCUT2D eigenvalue weighted by Crippen LogP contribution is 2.12. The highest BCUT2D eigenvalue weighted by atomic mass is 16.3. The van der Waals surface area contributed by atoms with E-state index in [-0.39, 0.29) is 6.10 Å². The van der Waals surface area contributed by atoms with E-state index < -0.39 is 0 Å². The van der Waals surface area contributed by atoms with Crippen molar-refractivity contribution in [3.8, 4) is 0 Å². The fraction of sp³-hybridized carbons (Fsp3) is 0.889. The Morgan fingerprint density at radius 2 is 1.13 bits per heavy atom. The van der Waals surface area contributed by atoms with Gasteiger partial charge in [-0.05, 0) is 19.3 Å². The maximum Gasteiger partial charge on any atom is 0.243 e. The van der Waals surface area contributed by atoms with Crippen molar-refractivity contribution in [1.82, 2.24) is 4.57 Å². The molecular weight excluding hydrogens is 368 g/mol. The van der Waals surface area contributed by atoms with Crippen LogP contribution in [0, 0.1) is 0 Å². The van der Waals surface area contributed by atoms with E-state index in [1.165, 1.54) is 109 Å². The molecule has 0 radical (unpaired) electrons. The predicted octanol–water partition coefficient (Wildman–Crippen LogP) is 7.59. The number of imidazole rings is 1. The molecule has 0 saturated carbocycles. The highest BCUT2D eigenvalue weighted by molar-refractivity contribution is 4.67. The van der Waals surface area contributed by atoms with E-state index in [0.29, 0.717) is 0 Å². The summed E-state index contributed by atoms with van der Waals surface area (Å²) >= 11 is 0. The molecule has 0 fully saturated rings.